The molecule has 0 unspecified atom stereocenters. The van der Waals surface area contributed by atoms with Crippen molar-refractivity contribution in [2.75, 3.05) is 56.0 Å². The van der Waals surface area contributed by atoms with Crippen LogP contribution in [0.3, 0.4) is 0 Å². The number of pyridine rings is 2. The van der Waals surface area contributed by atoms with Crippen LogP contribution < -0.4 is 25.6 Å². The molecule has 2 aliphatic heterocycles. The van der Waals surface area contributed by atoms with E-state index >= 15 is 0 Å². The summed E-state index contributed by atoms with van der Waals surface area (Å²) in [5, 5.41) is 8.65. The number of anilines is 4. The van der Waals surface area contributed by atoms with Crippen LogP contribution >= 0.6 is 0 Å². The van der Waals surface area contributed by atoms with Crippen LogP contribution in [0.1, 0.15) is 23.2 Å². The molecule has 3 fully saturated rings. The predicted molar refractivity (Wildman–Crippen MR) is 124 cm³/mol. The largest absolute Gasteiger partial charge is 0.491 e. The van der Waals surface area contributed by atoms with Gasteiger partial charge in [0, 0.05) is 44.5 Å². The summed E-state index contributed by atoms with van der Waals surface area (Å²) in [6.45, 7) is 1.60. The summed E-state index contributed by atoms with van der Waals surface area (Å²) < 4.78 is 11.0. The number of hydrogen-bond donors (Lipinski definition) is 3. The lowest BCUT2D eigenvalue weighted by molar-refractivity contribution is -0.125. The lowest BCUT2D eigenvalue weighted by Crippen LogP contribution is -2.61. The van der Waals surface area contributed by atoms with Crippen LogP contribution in [-0.2, 0) is 14.3 Å². The van der Waals surface area contributed by atoms with Crippen LogP contribution in [0.4, 0.5) is 23.0 Å². The van der Waals surface area contributed by atoms with Gasteiger partial charge in [-0.15, -0.1) is 0 Å². The van der Waals surface area contributed by atoms with E-state index in [1.807, 2.05) is 4.90 Å². The number of nitrogens with zero attached hydrogens (tertiary/aromatic N) is 3. The van der Waals surface area contributed by atoms with Gasteiger partial charge in [-0.1, -0.05) is 0 Å². The fourth-order valence-corrected chi connectivity index (χ4v) is 4.30. The third-order valence-corrected chi connectivity index (χ3v) is 6.42. The molecule has 2 aromatic heterocycles. The van der Waals surface area contributed by atoms with Gasteiger partial charge in [0.15, 0.2) is 17.4 Å². The fourth-order valence-electron chi connectivity index (χ4n) is 4.30. The fraction of sp³-hybridized carbons (Fsp3) is 0.435. The number of aromatic nitrogens is 2. The average Bonchev–Trinajstić information content (AvgIpc) is 3.59. The molecule has 2 aromatic rings. The Balaban J connectivity index is 1.43. The first-order chi connectivity index (χ1) is 16.4. The number of methoxy groups -OCH3 is 1. The van der Waals surface area contributed by atoms with E-state index in [-0.39, 0.29) is 30.1 Å². The molecule has 11 nitrogen and oxygen atoms in total. The van der Waals surface area contributed by atoms with Gasteiger partial charge in [0.2, 0.25) is 5.91 Å². The molecule has 0 radical (unpaired) electrons. The minimum atomic E-state index is -0.470. The first kappa shape index (κ1) is 22.1. The van der Waals surface area contributed by atoms with E-state index in [1.54, 1.807) is 25.4 Å². The lowest BCUT2D eigenvalue weighted by atomic mass is 9.78. The molecule has 11 heteroatoms. The second kappa shape index (κ2) is 8.56. The molecule has 34 heavy (non-hydrogen) atoms. The maximum atomic E-state index is 12.5. The molecule has 0 aromatic carbocycles. The topological polar surface area (TPSA) is 135 Å². The molecule has 1 spiro atoms. The summed E-state index contributed by atoms with van der Waals surface area (Å²) in [6.07, 6.45) is 4.80. The molecule has 0 atom stereocenters. The van der Waals surface area contributed by atoms with Gasteiger partial charge in [-0.2, -0.15) is 0 Å². The number of amides is 2. The Morgan fingerprint density at radius 2 is 2.03 bits per heavy atom. The molecule has 2 amide bonds. The van der Waals surface area contributed by atoms with E-state index in [0.717, 1.165) is 12.8 Å². The highest BCUT2D eigenvalue weighted by atomic mass is 16.5. The van der Waals surface area contributed by atoms with Crippen molar-refractivity contribution >= 4 is 40.6 Å². The summed E-state index contributed by atoms with van der Waals surface area (Å²) in [6, 6.07) is 3.36. The first-order valence-electron chi connectivity index (χ1n) is 11.1. The van der Waals surface area contributed by atoms with E-state index in [2.05, 4.69) is 25.9 Å². The van der Waals surface area contributed by atoms with Gasteiger partial charge in [-0.3, -0.25) is 14.4 Å². The predicted octanol–water partition coefficient (Wildman–Crippen LogP) is 1.34. The number of Topliss-reactive ketones (excluding diaryl/α,β-unsaturated/α-hetero) is 1. The van der Waals surface area contributed by atoms with Gasteiger partial charge in [0.05, 0.1) is 36.1 Å². The second-order valence-corrected chi connectivity index (χ2v) is 8.85. The van der Waals surface area contributed by atoms with Crippen LogP contribution in [0.15, 0.2) is 24.5 Å². The Morgan fingerprint density at radius 3 is 2.68 bits per heavy atom. The van der Waals surface area contributed by atoms with Gasteiger partial charge in [0.1, 0.15) is 12.4 Å². The number of rotatable bonds is 7. The number of ether oxygens (including phenoxy) is 2. The van der Waals surface area contributed by atoms with Crippen LogP contribution in [0.25, 0.3) is 0 Å². The van der Waals surface area contributed by atoms with Crippen molar-refractivity contribution in [3.63, 3.8) is 0 Å². The molecule has 3 aliphatic rings. The third-order valence-electron chi connectivity index (χ3n) is 6.42. The quantitative estimate of drug-likeness (QED) is 0.552. The number of ketones is 1. The highest BCUT2D eigenvalue weighted by Crippen LogP contribution is 2.44. The molecule has 1 aliphatic carbocycles. The van der Waals surface area contributed by atoms with Crippen molar-refractivity contribution in [2.24, 2.45) is 11.3 Å². The van der Waals surface area contributed by atoms with E-state index in [0.29, 0.717) is 54.0 Å². The van der Waals surface area contributed by atoms with Crippen LogP contribution in [0, 0.1) is 11.3 Å². The van der Waals surface area contributed by atoms with Gasteiger partial charge in [-0.05, 0) is 18.9 Å². The van der Waals surface area contributed by atoms with Gasteiger partial charge < -0.3 is 30.3 Å². The normalized spacial score (nSPS) is 18.4. The Morgan fingerprint density at radius 1 is 1.24 bits per heavy atom. The molecule has 0 bridgehead atoms. The smallest absolute Gasteiger partial charge is 0.254 e. The van der Waals surface area contributed by atoms with Crippen molar-refractivity contribution in [1.82, 2.24) is 15.3 Å². The Bertz CT molecular complexity index is 1160. The second-order valence-electron chi connectivity index (χ2n) is 8.85. The highest BCUT2D eigenvalue weighted by molar-refractivity contribution is 6.01. The van der Waals surface area contributed by atoms with Gasteiger partial charge in [0.25, 0.3) is 5.91 Å². The number of hydrogen-bond acceptors (Lipinski definition) is 9. The lowest BCUT2D eigenvalue weighted by Gasteiger charge is -2.46. The summed E-state index contributed by atoms with van der Waals surface area (Å²) in [5.74, 6) is 1.16. The van der Waals surface area contributed by atoms with E-state index in [4.69, 9.17) is 9.47 Å². The monoisotopic (exact) mass is 466 g/mol. The van der Waals surface area contributed by atoms with Crippen LogP contribution in [0.2, 0.25) is 0 Å². The molecular weight excluding hydrogens is 440 g/mol. The summed E-state index contributed by atoms with van der Waals surface area (Å²) in [5.41, 5.74) is 0.875. The first-order valence-corrected chi connectivity index (χ1v) is 11.1. The van der Waals surface area contributed by atoms with Crippen molar-refractivity contribution in [1.29, 1.82) is 0 Å². The van der Waals surface area contributed by atoms with Crippen molar-refractivity contribution in [2.45, 2.75) is 12.8 Å². The number of nitrogens with one attached hydrogen (secondary N) is 3. The van der Waals surface area contributed by atoms with Crippen molar-refractivity contribution in [3.05, 3.63) is 30.1 Å². The molecule has 4 heterocycles. The molecule has 178 valence electrons. The zero-order valence-corrected chi connectivity index (χ0v) is 19.0. The zero-order chi connectivity index (χ0) is 23.9. The highest BCUT2D eigenvalue weighted by Gasteiger charge is 2.53. The average molecular weight is 466 g/mol. The standard InChI is InChI=1S/C23H26N6O5/c1-24-22(32)14-8-26-18(28-21(31)13-3-4-13)7-16(14)27-15-5-6-25-20(19(15)33-2)29-10-23(11-29)12-34-9-17(23)30/h5-8,13H,3-4,9-12H2,1-2H3,(H,24,32)(H2,25,26,27,28,31). The van der Waals surface area contributed by atoms with Gasteiger partial charge in [-0.25, -0.2) is 9.97 Å². The molecule has 3 N–H and O–H groups in total. The van der Waals surface area contributed by atoms with Crippen LogP contribution in [-0.4, -0.2) is 68.0 Å². The maximum absolute atomic E-state index is 12.5. The molecule has 1 saturated carbocycles. The summed E-state index contributed by atoms with van der Waals surface area (Å²) in [7, 11) is 3.08. The Labute approximate surface area is 196 Å². The van der Waals surface area contributed by atoms with Crippen molar-refractivity contribution < 1.29 is 23.9 Å². The third kappa shape index (κ3) is 3.92. The van der Waals surface area contributed by atoms with E-state index in [9.17, 15) is 14.4 Å². The summed E-state index contributed by atoms with van der Waals surface area (Å²) >= 11 is 0. The Kier molecular flexibility index (Phi) is 5.56. The zero-order valence-electron chi connectivity index (χ0n) is 19.0. The number of carbonyl (C=O) groups excluding carboxylic acids is 3. The number of carbonyl (C=O) groups is 3. The van der Waals surface area contributed by atoms with E-state index in [1.165, 1.54) is 13.2 Å². The van der Waals surface area contributed by atoms with E-state index < -0.39 is 5.41 Å². The SMILES string of the molecule is CNC(=O)c1cnc(NC(=O)C2CC2)cc1Nc1ccnc(N2CC3(COCC3=O)C2)c1OC. The Hall–Kier alpha value is -3.73. The maximum Gasteiger partial charge on any atom is 0.254 e. The van der Waals surface area contributed by atoms with Crippen molar-refractivity contribution in [3.8, 4) is 5.75 Å². The minimum Gasteiger partial charge on any atom is -0.491 e. The molecule has 5 rings (SSSR count). The van der Waals surface area contributed by atoms with Gasteiger partial charge >= 0.3 is 0 Å². The summed E-state index contributed by atoms with van der Waals surface area (Å²) in [4.78, 5) is 47.5. The molecular formula is C23H26N6O5. The minimum absolute atomic E-state index is 0.0247. The van der Waals surface area contributed by atoms with Crippen LogP contribution in [0.5, 0.6) is 5.75 Å². The molecule has 2 saturated heterocycles.